The summed E-state index contributed by atoms with van der Waals surface area (Å²) in [6, 6.07) is 11.5. The summed E-state index contributed by atoms with van der Waals surface area (Å²) in [7, 11) is 3.25. The first-order chi connectivity index (χ1) is 14.4. The summed E-state index contributed by atoms with van der Waals surface area (Å²) in [5, 5.41) is 8.30. The fourth-order valence-corrected chi connectivity index (χ4v) is 4.95. The largest absolute Gasteiger partial charge is 0.497 e. The van der Waals surface area contributed by atoms with Crippen molar-refractivity contribution in [1.29, 1.82) is 0 Å². The molecule has 8 heteroatoms. The van der Waals surface area contributed by atoms with Gasteiger partial charge in [-0.15, -0.1) is 11.8 Å². The van der Waals surface area contributed by atoms with E-state index < -0.39 is 0 Å². The Bertz CT molecular complexity index is 1130. The molecule has 156 valence electrons. The first kappa shape index (κ1) is 20.6. The lowest BCUT2D eigenvalue weighted by Gasteiger charge is -2.19. The molecule has 0 radical (unpaired) electrons. The Labute approximate surface area is 184 Å². The third-order valence-electron chi connectivity index (χ3n) is 5.13. The second-order valence-electron chi connectivity index (χ2n) is 7.04. The van der Waals surface area contributed by atoms with Gasteiger partial charge in [-0.1, -0.05) is 23.7 Å². The number of nitrogens with one attached hydrogen (secondary N) is 1. The zero-order chi connectivity index (χ0) is 21.4. The number of halogens is 1. The number of aromatic nitrogens is 2. The molecule has 30 heavy (non-hydrogen) atoms. The summed E-state index contributed by atoms with van der Waals surface area (Å²) in [6.45, 7) is 3.90. The van der Waals surface area contributed by atoms with Gasteiger partial charge in [0.15, 0.2) is 0 Å². The summed E-state index contributed by atoms with van der Waals surface area (Å²) >= 11 is 7.89. The van der Waals surface area contributed by atoms with Crippen molar-refractivity contribution in [2.24, 2.45) is 0 Å². The number of nitrogens with zero attached hydrogens (tertiary/aromatic N) is 2. The molecule has 2 aromatic carbocycles. The molecule has 0 aliphatic carbocycles. The molecule has 0 bridgehead atoms. The van der Waals surface area contributed by atoms with E-state index >= 15 is 0 Å². The van der Waals surface area contributed by atoms with Gasteiger partial charge in [-0.05, 0) is 37.6 Å². The van der Waals surface area contributed by atoms with E-state index in [1.165, 1.54) is 0 Å². The Morgan fingerprint density at radius 2 is 1.97 bits per heavy atom. The van der Waals surface area contributed by atoms with E-state index in [9.17, 15) is 4.79 Å². The smallest absolute Gasteiger partial charge is 0.235 e. The van der Waals surface area contributed by atoms with Crippen LogP contribution in [0.4, 0.5) is 5.82 Å². The SMILES string of the molecule is COc1ccc([C@@H]2SCC(=O)Nc3c2c(C)nn3-c2ccc(C)c(Cl)c2)c(OC)c1. The van der Waals surface area contributed by atoms with Crippen LogP contribution in [-0.2, 0) is 4.79 Å². The number of amides is 1. The number of anilines is 1. The number of carbonyl (C=O) groups excluding carboxylic acids is 1. The average Bonchev–Trinajstić information content (AvgIpc) is 2.95. The molecular formula is C22H22ClN3O3S. The summed E-state index contributed by atoms with van der Waals surface area (Å²) in [5.41, 5.74) is 4.52. The molecule has 4 rings (SSSR count). The highest BCUT2D eigenvalue weighted by Gasteiger charge is 2.32. The molecule has 6 nitrogen and oxygen atoms in total. The van der Waals surface area contributed by atoms with Gasteiger partial charge in [-0.25, -0.2) is 4.68 Å². The average molecular weight is 444 g/mol. The zero-order valence-electron chi connectivity index (χ0n) is 17.2. The molecule has 1 aliphatic rings. The molecule has 1 aromatic heterocycles. The third-order valence-corrected chi connectivity index (χ3v) is 6.79. The standard InChI is InChI=1S/C22H22ClN3O3S/c1-12-5-6-14(9-17(12)23)26-22-20(13(2)25-26)21(30-11-19(27)24-22)16-8-7-15(28-3)10-18(16)29-4/h5-10,21H,11H2,1-4H3,(H,24,27)/t21-/m0/s1. The highest BCUT2D eigenvalue weighted by Crippen LogP contribution is 2.47. The minimum absolute atomic E-state index is 0.0735. The highest BCUT2D eigenvalue weighted by atomic mass is 35.5. The van der Waals surface area contributed by atoms with Crippen molar-refractivity contribution in [1.82, 2.24) is 9.78 Å². The van der Waals surface area contributed by atoms with Crippen LogP contribution in [0.25, 0.3) is 5.69 Å². The highest BCUT2D eigenvalue weighted by molar-refractivity contribution is 8.00. The number of fused-ring (bicyclic) bond motifs is 1. The van der Waals surface area contributed by atoms with Crippen LogP contribution in [-0.4, -0.2) is 35.7 Å². The minimum Gasteiger partial charge on any atom is -0.497 e. The molecule has 0 unspecified atom stereocenters. The number of ether oxygens (including phenoxy) is 2. The van der Waals surface area contributed by atoms with Crippen LogP contribution in [0.2, 0.25) is 5.02 Å². The van der Waals surface area contributed by atoms with Gasteiger partial charge >= 0.3 is 0 Å². The maximum atomic E-state index is 12.5. The van der Waals surface area contributed by atoms with Crippen LogP contribution < -0.4 is 14.8 Å². The predicted molar refractivity (Wildman–Crippen MR) is 121 cm³/mol. The molecule has 0 saturated heterocycles. The molecule has 1 amide bonds. The van der Waals surface area contributed by atoms with Crippen LogP contribution in [0.1, 0.15) is 27.6 Å². The van der Waals surface area contributed by atoms with Gasteiger partial charge in [0, 0.05) is 22.2 Å². The molecule has 1 atom stereocenters. The van der Waals surface area contributed by atoms with Crippen molar-refractivity contribution in [2.75, 3.05) is 25.3 Å². The van der Waals surface area contributed by atoms with E-state index in [4.69, 9.17) is 26.2 Å². The third kappa shape index (κ3) is 3.63. The van der Waals surface area contributed by atoms with Gasteiger partial charge < -0.3 is 14.8 Å². The van der Waals surface area contributed by atoms with Crippen LogP contribution >= 0.6 is 23.4 Å². The molecule has 1 aliphatic heterocycles. The fourth-order valence-electron chi connectivity index (χ4n) is 3.56. The topological polar surface area (TPSA) is 65.4 Å². The summed E-state index contributed by atoms with van der Waals surface area (Å²) < 4.78 is 12.7. The van der Waals surface area contributed by atoms with Gasteiger partial charge in [0.25, 0.3) is 0 Å². The van der Waals surface area contributed by atoms with Crippen molar-refractivity contribution in [3.63, 3.8) is 0 Å². The predicted octanol–water partition coefficient (Wildman–Crippen LogP) is 4.93. The minimum atomic E-state index is -0.130. The van der Waals surface area contributed by atoms with Crippen molar-refractivity contribution in [3.8, 4) is 17.2 Å². The number of carbonyl (C=O) groups is 1. The van der Waals surface area contributed by atoms with Crippen LogP contribution in [0, 0.1) is 13.8 Å². The van der Waals surface area contributed by atoms with E-state index in [1.807, 2.05) is 50.2 Å². The number of hydrogen-bond acceptors (Lipinski definition) is 5. The van der Waals surface area contributed by atoms with Gasteiger partial charge in [-0.2, -0.15) is 5.10 Å². The van der Waals surface area contributed by atoms with E-state index in [-0.39, 0.29) is 11.2 Å². The lowest BCUT2D eigenvalue weighted by atomic mass is 10.0. The first-order valence-electron chi connectivity index (χ1n) is 9.42. The van der Waals surface area contributed by atoms with Crippen molar-refractivity contribution in [3.05, 3.63) is 63.8 Å². The Morgan fingerprint density at radius 3 is 2.67 bits per heavy atom. The number of rotatable bonds is 4. The monoisotopic (exact) mass is 443 g/mol. The molecule has 0 fully saturated rings. The van der Waals surface area contributed by atoms with E-state index in [1.54, 1.807) is 30.7 Å². The Morgan fingerprint density at radius 1 is 1.17 bits per heavy atom. The van der Waals surface area contributed by atoms with Gasteiger partial charge in [0.2, 0.25) is 5.91 Å². The van der Waals surface area contributed by atoms with Crippen molar-refractivity contribution < 1.29 is 14.3 Å². The van der Waals surface area contributed by atoms with E-state index in [0.717, 1.165) is 28.1 Å². The molecule has 3 aromatic rings. The second-order valence-corrected chi connectivity index (χ2v) is 8.54. The van der Waals surface area contributed by atoms with Gasteiger partial charge in [0.05, 0.1) is 36.6 Å². The number of benzene rings is 2. The van der Waals surface area contributed by atoms with Crippen molar-refractivity contribution >= 4 is 35.1 Å². The van der Waals surface area contributed by atoms with Crippen molar-refractivity contribution in [2.45, 2.75) is 19.1 Å². The van der Waals surface area contributed by atoms with E-state index in [0.29, 0.717) is 28.1 Å². The number of aryl methyl sites for hydroxylation is 2. The molecule has 0 saturated carbocycles. The fraction of sp³-hybridized carbons (Fsp3) is 0.273. The number of hydrogen-bond donors (Lipinski definition) is 1. The Kier molecular flexibility index (Phi) is 5.66. The van der Waals surface area contributed by atoms with E-state index in [2.05, 4.69) is 5.32 Å². The normalized spacial score (nSPS) is 15.9. The van der Waals surface area contributed by atoms with Crippen LogP contribution in [0.15, 0.2) is 36.4 Å². The summed E-state index contributed by atoms with van der Waals surface area (Å²) in [5.74, 6) is 2.33. The Hall–Kier alpha value is -2.64. The molecule has 0 spiro atoms. The molecular weight excluding hydrogens is 422 g/mol. The summed E-state index contributed by atoms with van der Waals surface area (Å²) in [4.78, 5) is 12.5. The maximum Gasteiger partial charge on any atom is 0.235 e. The van der Waals surface area contributed by atoms with Crippen LogP contribution in [0.3, 0.4) is 0 Å². The lowest BCUT2D eigenvalue weighted by Crippen LogP contribution is -2.15. The summed E-state index contributed by atoms with van der Waals surface area (Å²) in [6.07, 6.45) is 0. The lowest BCUT2D eigenvalue weighted by molar-refractivity contribution is -0.113. The quantitative estimate of drug-likeness (QED) is 0.619. The van der Waals surface area contributed by atoms with Crippen LogP contribution in [0.5, 0.6) is 11.5 Å². The molecule has 1 N–H and O–H groups in total. The number of thioether (sulfide) groups is 1. The molecule has 2 heterocycles. The van der Waals surface area contributed by atoms with Gasteiger partial charge in [-0.3, -0.25) is 4.79 Å². The second kappa shape index (κ2) is 8.24. The zero-order valence-corrected chi connectivity index (χ0v) is 18.7. The number of methoxy groups -OCH3 is 2. The maximum absolute atomic E-state index is 12.5. The Balaban J connectivity index is 1.90. The van der Waals surface area contributed by atoms with Gasteiger partial charge in [0.1, 0.15) is 17.3 Å². The first-order valence-corrected chi connectivity index (χ1v) is 10.8.